The van der Waals surface area contributed by atoms with Gasteiger partial charge in [0.2, 0.25) is 0 Å². The van der Waals surface area contributed by atoms with E-state index in [4.69, 9.17) is 9.47 Å². The van der Waals surface area contributed by atoms with Gasteiger partial charge < -0.3 is 9.47 Å². The van der Waals surface area contributed by atoms with Gasteiger partial charge in [0.1, 0.15) is 11.3 Å². The van der Waals surface area contributed by atoms with Crippen LogP contribution in [-0.4, -0.2) is 28.3 Å². The second-order valence-electron chi connectivity index (χ2n) is 5.33. The first-order valence-corrected chi connectivity index (χ1v) is 7.45. The number of hydrogen-bond acceptors (Lipinski definition) is 5. The van der Waals surface area contributed by atoms with Crippen molar-refractivity contribution in [1.82, 2.24) is 14.5 Å². The van der Waals surface area contributed by atoms with E-state index in [9.17, 15) is 4.79 Å². The Morgan fingerprint density at radius 3 is 2.74 bits per heavy atom. The molecule has 3 heterocycles. The molecule has 0 saturated carbocycles. The van der Waals surface area contributed by atoms with Crippen LogP contribution >= 0.6 is 0 Å². The van der Waals surface area contributed by atoms with Crippen molar-refractivity contribution >= 4 is 11.2 Å². The molecule has 3 aromatic rings. The molecular weight excluding hydrogens is 294 g/mol. The van der Waals surface area contributed by atoms with Crippen LogP contribution in [0.4, 0.5) is 0 Å². The summed E-state index contributed by atoms with van der Waals surface area (Å²) in [4.78, 5) is 21.7. The number of benzene rings is 1. The molecule has 0 radical (unpaired) electrons. The number of ether oxygens (including phenoxy) is 2. The quantitative estimate of drug-likeness (QED) is 0.725. The fourth-order valence-corrected chi connectivity index (χ4v) is 2.90. The molecular formula is C17H15N3O3. The van der Waals surface area contributed by atoms with Crippen molar-refractivity contribution in [2.24, 2.45) is 0 Å². The van der Waals surface area contributed by atoms with Gasteiger partial charge in [0.25, 0.3) is 5.56 Å². The molecule has 0 amide bonds. The highest BCUT2D eigenvalue weighted by molar-refractivity contribution is 5.81. The molecule has 0 unspecified atom stereocenters. The fraction of sp³-hybridized carbons (Fsp3) is 0.235. The van der Waals surface area contributed by atoms with Crippen LogP contribution in [0, 0.1) is 0 Å². The van der Waals surface area contributed by atoms with Crippen LogP contribution in [0.1, 0.15) is 12.0 Å². The maximum absolute atomic E-state index is 13.0. The lowest BCUT2D eigenvalue weighted by atomic mass is 10.1. The van der Waals surface area contributed by atoms with E-state index < -0.39 is 0 Å². The highest BCUT2D eigenvalue weighted by Gasteiger charge is 2.23. The highest BCUT2D eigenvalue weighted by atomic mass is 16.5. The van der Waals surface area contributed by atoms with E-state index in [0.29, 0.717) is 35.5 Å². The van der Waals surface area contributed by atoms with Gasteiger partial charge in [0.05, 0.1) is 25.0 Å². The molecule has 1 aliphatic heterocycles. The van der Waals surface area contributed by atoms with Crippen LogP contribution in [0.25, 0.3) is 16.9 Å². The van der Waals surface area contributed by atoms with Crippen LogP contribution in [0.2, 0.25) is 0 Å². The number of fused-ring (bicyclic) bond motifs is 3. The molecule has 0 bridgehead atoms. The van der Waals surface area contributed by atoms with Gasteiger partial charge in [-0.25, -0.2) is 9.97 Å². The molecule has 4 rings (SSSR count). The van der Waals surface area contributed by atoms with Gasteiger partial charge >= 0.3 is 0 Å². The van der Waals surface area contributed by atoms with Crippen molar-refractivity contribution < 1.29 is 9.47 Å². The lowest BCUT2D eigenvalue weighted by Crippen LogP contribution is -2.27. The van der Waals surface area contributed by atoms with E-state index in [1.54, 1.807) is 24.1 Å². The van der Waals surface area contributed by atoms with Crippen LogP contribution in [0.5, 0.6) is 11.5 Å². The number of pyridine rings is 1. The van der Waals surface area contributed by atoms with Crippen molar-refractivity contribution in [2.45, 2.75) is 12.8 Å². The third-order valence-electron chi connectivity index (χ3n) is 3.99. The van der Waals surface area contributed by atoms with Crippen molar-refractivity contribution in [3.05, 3.63) is 52.6 Å². The molecule has 0 atom stereocenters. The minimum atomic E-state index is -0.0992. The molecule has 2 aromatic heterocycles. The van der Waals surface area contributed by atoms with E-state index in [2.05, 4.69) is 9.97 Å². The molecule has 116 valence electrons. The topological polar surface area (TPSA) is 66.2 Å². The van der Waals surface area contributed by atoms with Crippen LogP contribution in [0.15, 0.2) is 41.5 Å². The Kier molecular flexibility index (Phi) is 3.22. The lowest BCUT2D eigenvalue weighted by Gasteiger charge is -2.20. The zero-order valence-electron chi connectivity index (χ0n) is 12.7. The second-order valence-corrected chi connectivity index (χ2v) is 5.33. The van der Waals surface area contributed by atoms with Crippen LogP contribution < -0.4 is 15.0 Å². The summed E-state index contributed by atoms with van der Waals surface area (Å²) in [5.74, 6) is 1.31. The summed E-state index contributed by atoms with van der Waals surface area (Å²) in [5.41, 5.74) is 2.42. The zero-order chi connectivity index (χ0) is 15.8. The SMILES string of the molecule is COc1ccc(-n2c(=O)c3c(c4nccnc42)OCCC3)cc1. The molecule has 0 spiro atoms. The number of methoxy groups -OCH3 is 1. The maximum atomic E-state index is 13.0. The predicted molar refractivity (Wildman–Crippen MR) is 85.5 cm³/mol. The average Bonchev–Trinajstić information content (AvgIpc) is 2.63. The summed E-state index contributed by atoms with van der Waals surface area (Å²) < 4.78 is 12.5. The standard InChI is InChI=1S/C17H15N3O3/c1-22-12-6-4-11(5-7-12)20-16-14(18-8-9-19-16)15-13(17(20)21)3-2-10-23-15/h4-9H,2-3,10H2,1H3. The first-order valence-electron chi connectivity index (χ1n) is 7.45. The fourth-order valence-electron chi connectivity index (χ4n) is 2.90. The Morgan fingerprint density at radius 1 is 1.17 bits per heavy atom. The largest absolute Gasteiger partial charge is 0.497 e. The summed E-state index contributed by atoms with van der Waals surface area (Å²) in [6.45, 7) is 0.602. The summed E-state index contributed by atoms with van der Waals surface area (Å²) in [6, 6.07) is 7.31. The molecule has 6 heteroatoms. The third kappa shape index (κ3) is 2.14. The molecule has 6 nitrogen and oxygen atoms in total. The average molecular weight is 309 g/mol. The Balaban J connectivity index is 2.05. The predicted octanol–water partition coefficient (Wildman–Crippen LogP) is 2.11. The summed E-state index contributed by atoms with van der Waals surface area (Å²) in [5, 5.41) is 0. The van der Waals surface area contributed by atoms with Crippen molar-refractivity contribution in [1.29, 1.82) is 0 Å². The smallest absolute Gasteiger partial charge is 0.263 e. The van der Waals surface area contributed by atoms with Gasteiger partial charge in [-0.2, -0.15) is 0 Å². The van der Waals surface area contributed by atoms with E-state index in [1.807, 2.05) is 24.3 Å². The minimum absolute atomic E-state index is 0.0992. The molecule has 23 heavy (non-hydrogen) atoms. The van der Waals surface area contributed by atoms with Crippen molar-refractivity contribution in [3.8, 4) is 17.2 Å². The van der Waals surface area contributed by atoms with Crippen LogP contribution in [-0.2, 0) is 6.42 Å². The Bertz CT molecular complexity index is 932. The summed E-state index contributed by atoms with van der Waals surface area (Å²) in [6.07, 6.45) is 4.72. The van der Waals surface area contributed by atoms with Crippen LogP contribution in [0.3, 0.4) is 0 Å². The Morgan fingerprint density at radius 2 is 1.96 bits per heavy atom. The van der Waals surface area contributed by atoms with Crippen molar-refractivity contribution in [3.63, 3.8) is 0 Å². The van der Waals surface area contributed by atoms with Crippen molar-refractivity contribution in [2.75, 3.05) is 13.7 Å². The monoisotopic (exact) mass is 309 g/mol. The Labute approximate surface area is 132 Å². The van der Waals surface area contributed by atoms with Gasteiger partial charge in [0, 0.05) is 12.4 Å². The Hall–Kier alpha value is -2.89. The number of hydrogen-bond donors (Lipinski definition) is 0. The van der Waals surface area contributed by atoms with E-state index >= 15 is 0 Å². The van der Waals surface area contributed by atoms with E-state index in [0.717, 1.165) is 17.9 Å². The number of nitrogens with zero attached hydrogens (tertiary/aromatic N) is 3. The van der Waals surface area contributed by atoms with Gasteiger partial charge in [-0.3, -0.25) is 9.36 Å². The second kappa shape index (κ2) is 5.39. The first-order chi connectivity index (χ1) is 11.3. The number of rotatable bonds is 2. The molecule has 1 aromatic carbocycles. The summed E-state index contributed by atoms with van der Waals surface area (Å²) >= 11 is 0. The molecule has 0 fully saturated rings. The summed E-state index contributed by atoms with van der Waals surface area (Å²) in [7, 11) is 1.61. The van der Waals surface area contributed by atoms with Gasteiger partial charge in [-0.1, -0.05) is 0 Å². The van der Waals surface area contributed by atoms with Gasteiger partial charge in [-0.15, -0.1) is 0 Å². The molecule has 0 N–H and O–H groups in total. The number of aromatic nitrogens is 3. The normalized spacial score (nSPS) is 13.4. The third-order valence-corrected chi connectivity index (χ3v) is 3.99. The van der Waals surface area contributed by atoms with Gasteiger partial charge in [0.15, 0.2) is 11.4 Å². The minimum Gasteiger partial charge on any atom is -0.497 e. The first kappa shape index (κ1) is 13.8. The van der Waals surface area contributed by atoms with E-state index in [1.165, 1.54) is 0 Å². The molecule has 0 aliphatic carbocycles. The highest BCUT2D eigenvalue weighted by Crippen LogP contribution is 2.30. The lowest BCUT2D eigenvalue weighted by molar-refractivity contribution is 0.290. The zero-order valence-corrected chi connectivity index (χ0v) is 12.7. The van der Waals surface area contributed by atoms with Gasteiger partial charge in [-0.05, 0) is 37.1 Å². The van der Waals surface area contributed by atoms with E-state index in [-0.39, 0.29) is 5.56 Å². The molecule has 1 aliphatic rings. The molecule has 0 saturated heterocycles. The maximum Gasteiger partial charge on any atom is 0.263 e.